The lowest BCUT2D eigenvalue weighted by Crippen LogP contribution is -2.24. The first-order valence-corrected chi connectivity index (χ1v) is 6.83. The quantitative estimate of drug-likeness (QED) is 0.684. The normalized spacial score (nSPS) is 14.5. The van der Waals surface area contributed by atoms with Crippen LogP contribution in [0.4, 0.5) is 17.4 Å². The fourth-order valence-corrected chi connectivity index (χ4v) is 2.81. The van der Waals surface area contributed by atoms with Gasteiger partial charge < -0.3 is 10.2 Å². The van der Waals surface area contributed by atoms with Crippen LogP contribution in [0, 0.1) is 0 Å². The third-order valence-corrected chi connectivity index (χ3v) is 3.78. The first-order chi connectivity index (χ1) is 9.83. The molecule has 2 aromatic carbocycles. The van der Waals surface area contributed by atoms with Crippen molar-refractivity contribution in [3.05, 3.63) is 48.0 Å². The topological polar surface area (TPSA) is 55.3 Å². The van der Waals surface area contributed by atoms with Crippen LogP contribution in [-0.2, 0) is 6.42 Å². The highest BCUT2D eigenvalue weighted by Crippen LogP contribution is 2.35. The summed E-state index contributed by atoms with van der Waals surface area (Å²) in [6, 6.07) is 14.7. The molecule has 0 aliphatic carbocycles. The standard InChI is InChI=1S/C16H15N3O/c17-12-7-3-9-14-15(12)18-16(20-14)19-10-4-6-11-5-1-2-8-13(11)19/h1-3,5,7-9H,4,6,10,17H2. The van der Waals surface area contributed by atoms with Gasteiger partial charge in [-0.25, -0.2) is 0 Å². The molecular formula is C16H15N3O. The van der Waals surface area contributed by atoms with E-state index in [1.54, 1.807) is 0 Å². The average Bonchev–Trinajstić information content (AvgIpc) is 2.92. The Balaban J connectivity index is 1.86. The molecule has 4 nitrogen and oxygen atoms in total. The number of hydrogen-bond donors (Lipinski definition) is 1. The highest BCUT2D eigenvalue weighted by atomic mass is 16.4. The molecule has 0 atom stereocenters. The zero-order chi connectivity index (χ0) is 13.5. The zero-order valence-electron chi connectivity index (χ0n) is 11.0. The molecule has 0 fully saturated rings. The van der Waals surface area contributed by atoms with E-state index in [4.69, 9.17) is 10.2 Å². The van der Waals surface area contributed by atoms with Crippen LogP contribution in [-0.4, -0.2) is 11.5 Å². The van der Waals surface area contributed by atoms with Gasteiger partial charge in [-0.05, 0) is 36.6 Å². The number of nitrogens with two attached hydrogens (primary N) is 1. The predicted octanol–water partition coefficient (Wildman–Crippen LogP) is 3.49. The van der Waals surface area contributed by atoms with Crippen LogP contribution >= 0.6 is 0 Å². The minimum Gasteiger partial charge on any atom is -0.423 e. The molecule has 0 spiro atoms. The van der Waals surface area contributed by atoms with E-state index in [0.29, 0.717) is 11.7 Å². The molecule has 0 radical (unpaired) electrons. The van der Waals surface area contributed by atoms with E-state index < -0.39 is 0 Å². The van der Waals surface area contributed by atoms with E-state index >= 15 is 0 Å². The first kappa shape index (κ1) is 11.3. The van der Waals surface area contributed by atoms with Gasteiger partial charge in [0, 0.05) is 12.2 Å². The van der Waals surface area contributed by atoms with E-state index in [1.807, 2.05) is 24.3 Å². The van der Waals surface area contributed by atoms with Crippen molar-refractivity contribution in [3.8, 4) is 0 Å². The number of anilines is 3. The minimum absolute atomic E-state index is 0.630. The predicted molar refractivity (Wildman–Crippen MR) is 80.2 cm³/mol. The monoisotopic (exact) mass is 265 g/mol. The van der Waals surface area contributed by atoms with Gasteiger partial charge in [-0.3, -0.25) is 4.90 Å². The van der Waals surface area contributed by atoms with Crippen LogP contribution in [0.2, 0.25) is 0 Å². The Bertz CT molecular complexity index is 778. The van der Waals surface area contributed by atoms with Crippen molar-refractivity contribution in [2.45, 2.75) is 12.8 Å². The van der Waals surface area contributed by atoms with Gasteiger partial charge in [0.2, 0.25) is 0 Å². The fourth-order valence-electron chi connectivity index (χ4n) is 2.81. The van der Waals surface area contributed by atoms with Crippen molar-refractivity contribution < 1.29 is 4.42 Å². The highest BCUT2D eigenvalue weighted by molar-refractivity contribution is 5.87. The van der Waals surface area contributed by atoms with Gasteiger partial charge in [0.25, 0.3) is 0 Å². The number of hydrogen-bond acceptors (Lipinski definition) is 4. The number of rotatable bonds is 1. The second kappa shape index (κ2) is 4.27. The molecule has 0 bridgehead atoms. The van der Waals surface area contributed by atoms with E-state index in [0.717, 1.165) is 30.5 Å². The van der Waals surface area contributed by atoms with Gasteiger partial charge in [0.15, 0.2) is 5.58 Å². The van der Waals surface area contributed by atoms with E-state index in [-0.39, 0.29) is 0 Å². The molecule has 0 saturated carbocycles. The smallest absolute Gasteiger partial charge is 0.303 e. The number of nitrogens with zero attached hydrogens (tertiary/aromatic N) is 2. The maximum atomic E-state index is 5.95. The Morgan fingerprint density at radius 3 is 2.90 bits per heavy atom. The van der Waals surface area contributed by atoms with Crippen LogP contribution in [0.15, 0.2) is 46.9 Å². The molecule has 3 aromatic rings. The zero-order valence-corrected chi connectivity index (χ0v) is 11.0. The SMILES string of the molecule is Nc1cccc2oc(N3CCCc4ccccc43)nc12. The molecule has 2 N–H and O–H groups in total. The maximum Gasteiger partial charge on any atom is 0.303 e. The van der Waals surface area contributed by atoms with Crippen molar-refractivity contribution in [2.75, 3.05) is 17.2 Å². The van der Waals surface area contributed by atoms with E-state index in [2.05, 4.69) is 28.1 Å². The molecule has 100 valence electrons. The number of aryl methyl sites for hydroxylation is 1. The van der Waals surface area contributed by atoms with Gasteiger partial charge in [0.1, 0.15) is 5.52 Å². The first-order valence-electron chi connectivity index (χ1n) is 6.83. The van der Waals surface area contributed by atoms with Crippen molar-refractivity contribution in [2.24, 2.45) is 0 Å². The second-order valence-electron chi connectivity index (χ2n) is 5.07. The molecule has 1 aromatic heterocycles. The number of nitrogen functional groups attached to an aromatic ring is 1. The molecule has 1 aliphatic heterocycles. The summed E-state index contributed by atoms with van der Waals surface area (Å²) in [4.78, 5) is 6.71. The Morgan fingerprint density at radius 1 is 1.10 bits per heavy atom. The molecule has 0 unspecified atom stereocenters. The van der Waals surface area contributed by atoms with Crippen molar-refractivity contribution in [1.29, 1.82) is 0 Å². The summed E-state index contributed by atoms with van der Waals surface area (Å²) >= 11 is 0. The Morgan fingerprint density at radius 2 is 2.00 bits per heavy atom. The number of aromatic nitrogens is 1. The summed E-state index contributed by atoms with van der Waals surface area (Å²) < 4.78 is 5.88. The van der Waals surface area contributed by atoms with Gasteiger partial charge in [-0.15, -0.1) is 0 Å². The van der Waals surface area contributed by atoms with E-state index in [1.165, 1.54) is 11.3 Å². The van der Waals surface area contributed by atoms with Crippen LogP contribution < -0.4 is 10.6 Å². The highest BCUT2D eigenvalue weighted by Gasteiger charge is 2.22. The third kappa shape index (κ3) is 1.65. The summed E-state index contributed by atoms with van der Waals surface area (Å²) in [5.41, 5.74) is 10.6. The number of para-hydroxylation sites is 2. The van der Waals surface area contributed by atoms with Crippen LogP contribution in [0.5, 0.6) is 0 Å². The van der Waals surface area contributed by atoms with Crippen LogP contribution in [0.1, 0.15) is 12.0 Å². The van der Waals surface area contributed by atoms with Gasteiger partial charge in [-0.2, -0.15) is 4.98 Å². The molecule has 4 heteroatoms. The fraction of sp³-hybridized carbons (Fsp3) is 0.188. The van der Waals surface area contributed by atoms with Crippen molar-refractivity contribution >= 4 is 28.5 Å². The third-order valence-electron chi connectivity index (χ3n) is 3.78. The molecule has 1 aliphatic rings. The molecule has 4 rings (SSSR count). The Kier molecular flexibility index (Phi) is 2.42. The number of benzene rings is 2. The Labute approximate surface area is 116 Å². The molecule has 0 amide bonds. The summed E-state index contributed by atoms with van der Waals surface area (Å²) in [7, 11) is 0. The van der Waals surface area contributed by atoms with Gasteiger partial charge in [0.05, 0.1) is 5.69 Å². The van der Waals surface area contributed by atoms with Crippen molar-refractivity contribution in [3.63, 3.8) is 0 Å². The Hall–Kier alpha value is -2.49. The van der Waals surface area contributed by atoms with E-state index in [9.17, 15) is 0 Å². The summed E-state index contributed by atoms with van der Waals surface area (Å²) in [6.45, 7) is 0.920. The van der Waals surface area contributed by atoms with Crippen LogP contribution in [0.3, 0.4) is 0 Å². The second-order valence-corrected chi connectivity index (χ2v) is 5.07. The molecule has 2 heterocycles. The molecule has 20 heavy (non-hydrogen) atoms. The van der Waals surface area contributed by atoms with Gasteiger partial charge >= 0.3 is 6.01 Å². The van der Waals surface area contributed by atoms with Crippen LogP contribution in [0.25, 0.3) is 11.1 Å². The average molecular weight is 265 g/mol. The minimum atomic E-state index is 0.630. The lowest BCUT2D eigenvalue weighted by Gasteiger charge is -2.27. The number of fused-ring (bicyclic) bond motifs is 2. The lowest BCUT2D eigenvalue weighted by atomic mass is 10.0. The molecule has 0 saturated heterocycles. The summed E-state index contributed by atoms with van der Waals surface area (Å²) in [5, 5.41) is 0. The van der Waals surface area contributed by atoms with Crippen molar-refractivity contribution in [1.82, 2.24) is 4.98 Å². The molecular weight excluding hydrogens is 250 g/mol. The lowest BCUT2D eigenvalue weighted by molar-refractivity contribution is 0.580. The largest absolute Gasteiger partial charge is 0.423 e. The van der Waals surface area contributed by atoms with Gasteiger partial charge in [-0.1, -0.05) is 24.3 Å². The summed E-state index contributed by atoms with van der Waals surface area (Å²) in [6.07, 6.45) is 2.21. The number of oxazole rings is 1. The maximum absolute atomic E-state index is 5.95. The summed E-state index contributed by atoms with van der Waals surface area (Å²) in [5.74, 6) is 0.